The van der Waals surface area contributed by atoms with Gasteiger partial charge < -0.3 is 10.1 Å². The highest BCUT2D eigenvalue weighted by molar-refractivity contribution is 7.92. The van der Waals surface area contributed by atoms with E-state index < -0.39 is 10.0 Å². The van der Waals surface area contributed by atoms with Crippen LogP contribution >= 0.6 is 0 Å². The van der Waals surface area contributed by atoms with Crippen molar-refractivity contribution in [1.82, 2.24) is 10.2 Å². The van der Waals surface area contributed by atoms with Crippen LogP contribution in [0, 0.1) is 6.92 Å². The number of rotatable bonds is 10. The van der Waals surface area contributed by atoms with Crippen LogP contribution in [0.3, 0.4) is 0 Å². The Kier molecular flexibility index (Phi) is 8.84. The molecule has 1 amide bonds. The van der Waals surface area contributed by atoms with E-state index in [1.54, 1.807) is 55.6 Å². The molecule has 3 aromatic rings. The number of methoxy groups -OCH3 is 1. The fraction of sp³-hybridized carbons (Fsp3) is 0.345. The summed E-state index contributed by atoms with van der Waals surface area (Å²) >= 11 is 0. The molecule has 0 atom stereocenters. The minimum absolute atomic E-state index is 0.131. The lowest BCUT2D eigenvalue weighted by molar-refractivity contribution is -0.119. The van der Waals surface area contributed by atoms with Crippen molar-refractivity contribution in [3.8, 4) is 5.75 Å². The monoisotopic (exact) mass is 521 g/mol. The summed E-state index contributed by atoms with van der Waals surface area (Å²) in [5.74, 6) is 0.216. The Labute approximate surface area is 220 Å². The van der Waals surface area contributed by atoms with Gasteiger partial charge in [0.1, 0.15) is 12.3 Å². The number of anilines is 1. The second kappa shape index (κ2) is 12.3. The van der Waals surface area contributed by atoms with Gasteiger partial charge >= 0.3 is 0 Å². The summed E-state index contributed by atoms with van der Waals surface area (Å²) in [6.07, 6.45) is 3.84. The van der Waals surface area contributed by atoms with Crippen LogP contribution in [0.2, 0.25) is 0 Å². The molecular formula is C29H35N3O4S. The second-order valence-corrected chi connectivity index (χ2v) is 11.3. The highest BCUT2D eigenvalue weighted by Gasteiger charge is 2.27. The van der Waals surface area contributed by atoms with Crippen LogP contribution in [0.5, 0.6) is 5.75 Å². The summed E-state index contributed by atoms with van der Waals surface area (Å²) in [4.78, 5) is 15.5. The van der Waals surface area contributed by atoms with Gasteiger partial charge in [0.25, 0.3) is 10.0 Å². The number of likely N-dealkylation sites (tertiary alicyclic amines) is 1. The van der Waals surface area contributed by atoms with Crippen LogP contribution in [0.15, 0.2) is 77.7 Å². The molecule has 0 saturated carbocycles. The molecule has 0 radical (unpaired) electrons. The molecule has 0 spiro atoms. The summed E-state index contributed by atoms with van der Waals surface area (Å²) < 4.78 is 33.4. The van der Waals surface area contributed by atoms with E-state index in [2.05, 4.69) is 22.3 Å². The van der Waals surface area contributed by atoms with Gasteiger partial charge in [0.05, 0.1) is 17.7 Å². The largest absolute Gasteiger partial charge is 0.497 e. The number of sulfonamides is 1. The number of carbonyl (C=O) groups excluding carboxylic acids is 1. The number of hydrogen-bond donors (Lipinski definition) is 1. The first kappa shape index (κ1) is 26.7. The minimum Gasteiger partial charge on any atom is -0.497 e. The van der Waals surface area contributed by atoms with E-state index in [0.717, 1.165) is 35.1 Å². The van der Waals surface area contributed by atoms with E-state index in [4.69, 9.17) is 4.74 Å². The number of nitrogens with zero attached hydrogens (tertiary/aromatic N) is 2. The van der Waals surface area contributed by atoms with Gasteiger partial charge in [-0.3, -0.25) is 14.0 Å². The van der Waals surface area contributed by atoms with E-state index >= 15 is 0 Å². The topological polar surface area (TPSA) is 79.0 Å². The molecule has 0 unspecified atom stereocenters. The van der Waals surface area contributed by atoms with E-state index in [9.17, 15) is 13.2 Å². The number of aryl methyl sites for hydroxylation is 1. The quantitative estimate of drug-likeness (QED) is 0.425. The number of hydrogen-bond acceptors (Lipinski definition) is 5. The average molecular weight is 522 g/mol. The van der Waals surface area contributed by atoms with Gasteiger partial charge in [-0.25, -0.2) is 8.42 Å². The highest BCUT2D eigenvalue weighted by atomic mass is 32.2. The predicted octanol–water partition coefficient (Wildman–Crippen LogP) is 4.50. The van der Waals surface area contributed by atoms with Crippen LogP contribution in [0.1, 0.15) is 36.0 Å². The third-order valence-corrected chi connectivity index (χ3v) is 8.41. The summed E-state index contributed by atoms with van der Waals surface area (Å²) in [5, 5.41) is 2.88. The number of carbonyl (C=O) groups is 1. The molecule has 196 valence electrons. The maximum Gasteiger partial charge on any atom is 0.264 e. The van der Waals surface area contributed by atoms with Crippen molar-refractivity contribution in [2.24, 2.45) is 0 Å². The SMILES string of the molecule is COc1ccc(N(CC(=O)NCc2ccc(CN3CCCCC3)cc2)S(=O)(=O)c2ccc(C)cc2)cc1. The molecule has 7 nitrogen and oxygen atoms in total. The fourth-order valence-electron chi connectivity index (χ4n) is 4.43. The predicted molar refractivity (Wildman–Crippen MR) is 146 cm³/mol. The normalized spacial score (nSPS) is 14.2. The van der Waals surface area contributed by atoms with Crippen molar-refractivity contribution in [3.63, 3.8) is 0 Å². The number of ether oxygens (including phenoxy) is 1. The molecule has 1 fully saturated rings. The third-order valence-electron chi connectivity index (χ3n) is 6.62. The Bertz CT molecular complexity index is 1270. The molecule has 37 heavy (non-hydrogen) atoms. The third kappa shape index (κ3) is 7.11. The zero-order valence-corrected chi connectivity index (χ0v) is 22.3. The molecule has 3 aromatic carbocycles. The molecule has 0 aliphatic carbocycles. The number of nitrogens with one attached hydrogen (secondary N) is 1. The summed E-state index contributed by atoms with van der Waals surface area (Å²) in [6.45, 7) is 5.12. The van der Waals surface area contributed by atoms with Crippen LogP contribution < -0.4 is 14.4 Å². The molecule has 4 rings (SSSR count). The summed E-state index contributed by atoms with van der Waals surface area (Å²) in [7, 11) is -2.42. The van der Waals surface area contributed by atoms with Gasteiger partial charge in [-0.05, 0) is 80.4 Å². The smallest absolute Gasteiger partial charge is 0.264 e. The van der Waals surface area contributed by atoms with Gasteiger partial charge in [0.2, 0.25) is 5.91 Å². The zero-order valence-electron chi connectivity index (χ0n) is 21.5. The van der Waals surface area contributed by atoms with Gasteiger partial charge in [-0.1, -0.05) is 48.4 Å². The number of benzene rings is 3. The second-order valence-electron chi connectivity index (χ2n) is 9.45. The van der Waals surface area contributed by atoms with Crippen LogP contribution in [-0.2, 0) is 27.9 Å². The fourth-order valence-corrected chi connectivity index (χ4v) is 5.85. The van der Waals surface area contributed by atoms with Crippen molar-refractivity contribution >= 4 is 21.6 Å². The lowest BCUT2D eigenvalue weighted by Gasteiger charge is -2.26. The Hall–Kier alpha value is -3.36. The molecule has 0 aromatic heterocycles. The molecular weight excluding hydrogens is 486 g/mol. The van der Waals surface area contributed by atoms with Gasteiger partial charge in [0, 0.05) is 13.1 Å². The molecule has 8 heteroatoms. The van der Waals surface area contributed by atoms with Crippen LogP contribution in [-0.4, -0.2) is 46.0 Å². The first-order valence-corrected chi connectivity index (χ1v) is 14.1. The van der Waals surface area contributed by atoms with Crippen LogP contribution in [0.25, 0.3) is 0 Å². The van der Waals surface area contributed by atoms with Crippen molar-refractivity contribution in [2.75, 3.05) is 31.0 Å². The van der Waals surface area contributed by atoms with E-state index in [0.29, 0.717) is 18.0 Å². The zero-order chi connectivity index (χ0) is 26.3. The van der Waals surface area contributed by atoms with Gasteiger partial charge in [0.15, 0.2) is 0 Å². The molecule has 1 saturated heterocycles. The minimum atomic E-state index is -3.96. The summed E-state index contributed by atoms with van der Waals surface area (Å²) in [5.41, 5.74) is 3.56. The lowest BCUT2D eigenvalue weighted by atomic mass is 10.1. The molecule has 1 heterocycles. The average Bonchev–Trinajstić information content (AvgIpc) is 2.92. The Morgan fingerprint density at radius 3 is 2.14 bits per heavy atom. The van der Waals surface area contributed by atoms with Gasteiger partial charge in [-0.15, -0.1) is 0 Å². The molecule has 1 aliphatic heterocycles. The number of amides is 1. The van der Waals surface area contributed by atoms with E-state index in [1.165, 1.54) is 24.8 Å². The Morgan fingerprint density at radius 1 is 0.892 bits per heavy atom. The van der Waals surface area contributed by atoms with Gasteiger partial charge in [-0.2, -0.15) is 0 Å². The molecule has 1 aliphatic rings. The maximum absolute atomic E-state index is 13.5. The van der Waals surface area contributed by atoms with Crippen molar-refractivity contribution < 1.29 is 17.9 Å². The first-order chi connectivity index (χ1) is 17.8. The molecule has 1 N–H and O–H groups in total. The van der Waals surface area contributed by atoms with Crippen molar-refractivity contribution in [2.45, 2.75) is 44.2 Å². The highest BCUT2D eigenvalue weighted by Crippen LogP contribution is 2.26. The van der Waals surface area contributed by atoms with E-state index in [1.807, 2.05) is 19.1 Å². The summed E-state index contributed by atoms with van der Waals surface area (Å²) in [6, 6.07) is 21.5. The van der Waals surface area contributed by atoms with E-state index in [-0.39, 0.29) is 17.3 Å². The lowest BCUT2D eigenvalue weighted by Crippen LogP contribution is -2.40. The first-order valence-electron chi connectivity index (χ1n) is 12.7. The number of piperidine rings is 1. The molecule has 0 bridgehead atoms. The van der Waals surface area contributed by atoms with Crippen LogP contribution in [0.4, 0.5) is 5.69 Å². The Morgan fingerprint density at radius 2 is 1.51 bits per heavy atom. The Balaban J connectivity index is 1.43. The standard InChI is InChI=1S/C29H35N3O4S/c1-23-6-16-28(17-7-23)37(34,35)32(26-12-14-27(36-2)15-13-26)22-29(33)30-20-24-8-10-25(11-9-24)21-31-18-4-3-5-19-31/h6-17H,3-5,18-22H2,1-2H3,(H,30,33). The van der Waals surface area contributed by atoms with Crippen molar-refractivity contribution in [1.29, 1.82) is 0 Å². The maximum atomic E-state index is 13.5. The van der Waals surface area contributed by atoms with Crippen molar-refractivity contribution in [3.05, 3.63) is 89.5 Å².